The van der Waals surface area contributed by atoms with Crippen LogP contribution in [0.2, 0.25) is 0 Å². The molecule has 0 N–H and O–H groups in total. The van der Waals surface area contributed by atoms with Gasteiger partial charge in [-0.05, 0) is 38.0 Å². The summed E-state index contributed by atoms with van der Waals surface area (Å²) in [6.07, 6.45) is 7.30. The second kappa shape index (κ2) is 4.48. The molecule has 2 aromatic rings. The molecule has 0 bridgehead atoms. The van der Waals surface area contributed by atoms with E-state index in [-0.39, 0.29) is 0 Å². The number of aromatic nitrogens is 1. The molecule has 0 aromatic carbocycles. The van der Waals surface area contributed by atoms with Gasteiger partial charge in [-0.25, -0.2) is 0 Å². The van der Waals surface area contributed by atoms with Gasteiger partial charge in [0.05, 0.1) is 6.26 Å². The molecule has 1 aliphatic rings. The smallest absolute Gasteiger partial charge is 0.164 e. The maximum absolute atomic E-state index is 11.8. The number of hydrogen-bond donors (Lipinski definition) is 0. The van der Waals surface area contributed by atoms with Gasteiger partial charge in [0.2, 0.25) is 0 Å². The van der Waals surface area contributed by atoms with Crippen LogP contribution in [0.4, 0.5) is 0 Å². The van der Waals surface area contributed by atoms with E-state index in [9.17, 15) is 4.79 Å². The Morgan fingerprint density at radius 1 is 1.39 bits per heavy atom. The number of carbonyl (C=O) groups excluding carboxylic acids is 1. The predicted molar refractivity (Wildman–Crippen MR) is 68.8 cm³/mol. The van der Waals surface area contributed by atoms with Crippen LogP contribution in [0, 0.1) is 0 Å². The quantitative estimate of drug-likeness (QED) is 0.828. The standard InChI is InChI=1S/C15H17NO2/c1-11(10-12-4-3-9-18-12)16-8-7-13-14(16)5-2-6-15(13)17/h3-4,7-9,11H,2,5-6,10H2,1H3. The minimum absolute atomic E-state index is 0.292. The first-order valence-electron chi connectivity index (χ1n) is 6.51. The van der Waals surface area contributed by atoms with Crippen LogP contribution in [0.5, 0.6) is 0 Å². The van der Waals surface area contributed by atoms with Gasteiger partial charge in [0.25, 0.3) is 0 Å². The van der Waals surface area contributed by atoms with Gasteiger partial charge in [0.1, 0.15) is 5.76 Å². The molecule has 2 heterocycles. The molecule has 1 aliphatic carbocycles. The maximum Gasteiger partial charge on any atom is 0.164 e. The van der Waals surface area contributed by atoms with Crippen molar-refractivity contribution in [3.8, 4) is 0 Å². The van der Waals surface area contributed by atoms with Gasteiger partial charge in [-0.15, -0.1) is 0 Å². The Labute approximate surface area is 106 Å². The Morgan fingerprint density at radius 3 is 3.06 bits per heavy atom. The first kappa shape index (κ1) is 11.3. The van der Waals surface area contributed by atoms with E-state index in [2.05, 4.69) is 11.5 Å². The van der Waals surface area contributed by atoms with E-state index >= 15 is 0 Å². The third kappa shape index (κ3) is 1.90. The van der Waals surface area contributed by atoms with Crippen LogP contribution in [0.15, 0.2) is 35.1 Å². The Balaban J connectivity index is 1.86. The lowest BCUT2D eigenvalue weighted by Gasteiger charge is -2.19. The number of Topliss-reactive ketones (excluding diaryl/α,β-unsaturated/α-hetero) is 1. The molecule has 1 unspecified atom stereocenters. The normalized spacial score (nSPS) is 16.6. The first-order valence-corrected chi connectivity index (χ1v) is 6.51. The van der Waals surface area contributed by atoms with Gasteiger partial charge in [-0.1, -0.05) is 0 Å². The van der Waals surface area contributed by atoms with Gasteiger partial charge >= 0.3 is 0 Å². The summed E-state index contributed by atoms with van der Waals surface area (Å²) < 4.78 is 7.62. The molecule has 0 aliphatic heterocycles. The van der Waals surface area contributed by atoms with Crippen molar-refractivity contribution in [2.45, 2.75) is 38.6 Å². The van der Waals surface area contributed by atoms with Crippen LogP contribution in [-0.2, 0) is 12.8 Å². The van der Waals surface area contributed by atoms with Gasteiger partial charge < -0.3 is 8.98 Å². The van der Waals surface area contributed by atoms with E-state index < -0.39 is 0 Å². The van der Waals surface area contributed by atoms with Crippen molar-refractivity contribution in [2.24, 2.45) is 0 Å². The highest BCUT2D eigenvalue weighted by Crippen LogP contribution is 2.26. The summed E-state index contributed by atoms with van der Waals surface area (Å²) >= 11 is 0. The van der Waals surface area contributed by atoms with Crippen LogP contribution in [-0.4, -0.2) is 10.4 Å². The fourth-order valence-electron chi connectivity index (χ4n) is 2.78. The minimum Gasteiger partial charge on any atom is -0.469 e. The van der Waals surface area contributed by atoms with E-state index in [0.29, 0.717) is 18.2 Å². The zero-order valence-electron chi connectivity index (χ0n) is 10.6. The van der Waals surface area contributed by atoms with Crippen molar-refractivity contribution in [1.29, 1.82) is 0 Å². The molecule has 0 amide bonds. The highest BCUT2D eigenvalue weighted by Gasteiger charge is 2.22. The van der Waals surface area contributed by atoms with E-state index in [4.69, 9.17) is 4.42 Å². The summed E-state index contributed by atoms with van der Waals surface area (Å²) in [5.74, 6) is 1.28. The molecule has 0 radical (unpaired) electrons. The lowest BCUT2D eigenvalue weighted by atomic mass is 9.96. The summed E-state index contributed by atoms with van der Waals surface area (Å²) in [6.45, 7) is 2.17. The molecular formula is C15H17NO2. The number of furan rings is 1. The highest BCUT2D eigenvalue weighted by molar-refractivity contribution is 5.98. The summed E-state index contributed by atoms with van der Waals surface area (Å²) in [4.78, 5) is 11.8. The summed E-state index contributed by atoms with van der Waals surface area (Å²) in [5.41, 5.74) is 2.12. The Bertz CT molecular complexity index is 551. The summed E-state index contributed by atoms with van der Waals surface area (Å²) in [6, 6.07) is 6.20. The molecule has 0 saturated carbocycles. The molecule has 18 heavy (non-hydrogen) atoms. The largest absolute Gasteiger partial charge is 0.469 e. The number of fused-ring (bicyclic) bond motifs is 1. The van der Waals surface area contributed by atoms with Crippen molar-refractivity contribution in [2.75, 3.05) is 0 Å². The third-order valence-corrected chi connectivity index (χ3v) is 3.69. The molecular weight excluding hydrogens is 226 g/mol. The zero-order valence-corrected chi connectivity index (χ0v) is 10.6. The van der Waals surface area contributed by atoms with E-state index in [1.165, 1.54) is 5.69 Å². The van der Waals surface area contributed by atoms with Gasteiger partial charge in [0.15, 0.2) is 5.78 Å². The molecule has 3 nitrogen and oxygen atoms in total. The summed E-state index contributed by atoms with van der Waals surface area (Å²) in [5, 5.41) is 0. The topological polar surface area (TPSA) is 35.1 Å². The van der Waals surface area contributed by atoms with Crippen LogP contribution < -0.4 is 0 Å². The Kier molecular flexibility index (Phi) is 2.82. The molecule has 1 atom stereocenters. The first-order chi connectivity index (χ1) is 8.75. The maximum atomic E-state index is 11.8. The average molecular weight is 243 g/mol. The lowest BCUT2D eigenvalue weighted by Crippen LogP contribution is -2.16. The van der Waals surface area contributed by atoms with Crippen molar-refractivity contribution >= 4 is 5.78 Å². The van der Waals surface area contributed by atoms with E-state index in [1.807, 2.05) is 24.4 Å². The number of nitrogens with zero attached hydrogens (tertiary/aromatic N) is 1. The van der Waals surface area contributed by atoms with Gasteiger partial charge in [0, 0.05) is 36.3 Å². The Hall–Kier alpha value is -1.77. The average Bonchev–Trinajstić information content (AvgIpc) is 2.98. The second-order valence-corrected chi connectivity index (χ2v) is 4.99. The number of rotatable bonds is 3. The van der Waals surface area contributed by atoms with Gasteiger partial charge in [-0.3, -0.25) is 4.79 Å². The number of hydrogen-bond acceptors (Lipinski definition) is 2. The number of carbonyl (C=O) groups is 1. The van der Waals surface area contributed by atoms with Crippen LogP contribution >= 0.6 is 0 Å². The van der Waals surface area contributed by atoms with Crippen LogP contribution in [0.3, 0.4) is 0 Å². The van der Waals surface area contributed by atoms with E-state index in [0.717, 1.165) is 30.6 Å². The monoisotopic (exact) mass is 243 g/mol. The second-order valence-electron chi connectivity index (χ2n) is 4.99. The van der Waals surface area contributed by atoms with Crippen molar-refractivity contribution < 1.29 is 9.21 Å². The van der Waals surface area contributed by atoms with Crippen molar-refractivity contribution in [3.63, 3.8) is 0 Å². The van der Waals surface area contributed by atoms with Crippen LogP contribution in [0.1, 0.15) is 47.6 Å². The van der Waals surface area contributed by atoms with Gasteiger partial charge in [-0.2, -0.15) is 0 Å². The fraction of sp³-hybridized carbons (Fsp3) is 0.400. The molecule has 0 spiro atoms. The zero-order chi connectivity index (χ0) is 12.5. The lowest BCUT2D eigenvalue weighted by molar-refractivity contribution is 0.0971. The highest BCUT2D eigenvalue weighted by atomic mass is 16.3. The third-order valence-electron chi connectivity index (χ3n) is 3.69. The van der Waals surface area contributed by atoms with E-state index in [1.54, 1.807) is 6.26 Å². The molecule has 0 saturated heterocycles. The SMILES string of the molecule is CC(Cc1ccco1)n1ccc2c1CCCC2=O. The number of ketones is 1. The predicted octanol–water partition coefficient (Wildman–Crippen LogP) is 3.40. The summed E-state index contributed by atoms with van der Waals surface area (Å²) in [7, 11) is 0. The van der Waals surface area contributed by atoms with Crippen molar-refractivity contribution in [3.05, 3.63) is 47.7 Å². The van der Waals surface area contributed by atoms with Crippen molar-refractivity contribution in [1.82, 2.24) is 4.57 Å². The molecule has 3 heteroatoms. The minimum atomic E-state index is 0.292. The molecule has 0 fully saturated rings. The molecule has 94 valence electrons. The Morgan fingerprint density at radius 2 is 2.28 bits per heavy atom. The van der Waals surface area contributed by atoms with Crippen LogP contribution in [0.25, 0.3) is 0 Å². The molecule has 3 rings (SSSR count). The fourth-order valence-corrected chi connectivity index (χ4v) is 2.78. The molecule has 2 aromatic heterocycles.